The smallest absolute Gasteiger partial charge is 0.241 e. The lowest BCUT2D eigenvalue weighted by Crippen LogP contribution is -2.51. The van der Waals surface area contributed by atoms with Crippen LogP contribution < -0.4 is 0 Å². The van der Waals surface area contributed by atoms with Gasteiger partial charge in [-0.1, -0.05) is 5.16 Å². The summed E-state index contributed by atoms with van der Waals surface area (Å²) >= 11 is 0. The maximum Gasteiger partial charge on any atom is 0.241 e. The van der Waals surface area contributed by atoms with Crippen LogP contribution in [-0.4, -0.2) is 56.5 Å². The zero-order valence-corrected chi connectivity index (χ0v) is 13.8. The van der Waals surface area contributed by atoms with E-state index in [1.165, 1.54) is 0 Å². The van der Waals surface area contributed by atoms with Gasteiger partial charge in [-0.3, -0.25) is 9.88 Å². The van der Waals surface area contributed by atoms with Gasteiger partial charge in [-0.15, -0.1) is 0 Å². The Morgan fingerprint density at radius 3 is 3.17 bits per heavy atom. The van der Waals surface area contributed by atoms with Gasteiger partial charge in [0.25, 0.3) is 0 Å². The summed E-state index contributed by atoms with van der Waals surface area (Å²) in [5.41, 5.74) is 0.694. The van der Waals surface area contributed by atoms with E-state index in [0.29, 0.717) is 18.3 Å². The van der Waals surface area contributed by atoms with E-state index in [1.54, 1.807) is 19.5 Å². The van der Waals surface area contributed by atoms with Crippen molar-refractivity contribution in [1.82, 2.24) is 20.0 Å². The minimum absolute atomic E-state index is 0.147. The first-order valence-electron chi connectivity index (χ1n) is 8.40. The predicted octanol–water partition coefficient (Wildman–Crippen LogP) is 1.64. The Labute approximate surface area is 140 Å². The van der Waals surface area contributed by atoms with Gasteiger partial charge in [0.05, 0.1) is 18.2 Å². The van der Waals surface area contributed by atoms with Crippen molar-refractivity contribution >= 4 is 0 Å². The highest BCUT2D eigenvalue weighted by Gasteiger charge is 2.50. The molecule has 1 saturated heterocycles. The van der Waals surface area contributed by atoms with Gasteiger partial charge in [0, 0.05) is 37.7 Å². The van der Waals surface area contributed by atoms with Gasteiger partial charge in [-0.2, -0.15) is 4.98 Å². The molecular formula is C17H22N4O3. The van der Waals surface area contributed by atoms with Crippen LogP contribution in [0.3, 0.4) is 0 Å². The summed E-state index contributed by atoms with van der Waals surface area (Å²) in [6.45, 7) is 1.49. The third-order valence-electron chi connectivity index (χ3n) is 5.40. The highest BCUT2D eigenvalue weighted by atomic mass is 16.5. The van der Waals surface area contributed by atoms with Crippen LogP contribution in [0.25, 0.3) is 11.4 Å². The fraction of sp³-hybridized carbons (Fsp3) is 0.588. The molecule has 3 atom stereocenters. The van der Waals surface area contributed by atoms with Gasteiger partial charge in [-0.25, -0.2) is 0 Å². The van der Waals surface area contributed by atoms with E-state index < -0.39 is 0 Å². The van der Waals surface area contributed by atoms with Crippen molar-refractivity contribution in [2.45, 2.75) is 50.0 Å². The van der Waals surface area contributed by atoms with Crippen molar-refractivity contribution in [2.24, 2.45) is 0 Å². The molecule has 128 valence electrons. The van der Waals surface area contributed by atoms with Gasteiger partial charge in [0.15, 0.2) is 0 Å². The van der Waals surface area contributed by atoms with E-state index in [0.717, 1.165) is 37.8 Å². The lowest BCUT2D eigenvalue weighted by molar-refractivity contribution is -0.0887. The van der Waals surface area contributed by atoms with E-state index in [2.05, 4.69) is 20.0 Å². The monoisotopic (exact) mass is 330 g/mol. The SMILES string of the molecule is CO[C@@]12CC[C@H](O)C[C@@H]1N(Cc1nc(-c3cccnc3)no1)CC2. The number of ether oxygens (including phenoxy) is 1. The van der Waals surface area contributed by atoms with Crippen LogP contribution in [-0.2, 0) is 11.3 Å². The number of aliphatic hydroxyl groups excluding tert-OH is 1. The Morgan fingerprint density at radius 1 is 1.46 bits per heavy atom. The van der Waals surface area contributed by atoms with Crippen LogP contribution in [0.4, 0.5) is 0 Å². The normalized spacial score (nSPS) is 30.4. The number of nitrogens with zero attached hydrogens (tertiary/aromatic N) is 4. The number of fused-ring (bicyclic) bond motifs is 1. The van der Waals surface area contributed by atoms with Gasteiger partial charge in [-0.05, 0) is 37.8 Å². The van der Waals surface area contributed by atoms with Gasteiger partial charge < -0.3 is 14.4 Å². The zero-order valence-electron chi connectivity index (χ0n) is 13.8. The summed E-state index contributed by atoms with van der Waals surface area (Å²) in [7, 11) is 1.78. The molecule has 7 heteroatoms. The average Bonchev–Trinajstić information content (AvgIpc) is 3.22. The molecule has 7 nitrogen and oxygen atoms in total. The number of aliphatic hydroxyl groups is 1. The Balaban J connectivity index is 1.51. The number of pyridine rings is 1. The molecule has 2 fully saturated rings. The molecule has 0 radical (unpaired) electrons. The first-order chi connectivity index (χ1) is 11.7. The Morgan fingerprint density at radius 2 is 2.38 bits per heavy atom. The van der Waals surface area contributed by atoms with Gasteiger partial charge in [0.1, 0.15) is 0 Å². The molecule has 4 rings (SSSR count). The maximum atomic E-state index is 10.1. The molecule has 0 amide bonds. The maximum absolute atomic E-state index is 10.1. The van der Waals surface area contributed by atoms with Crippen molar-refractivity contribution in [3.63, 3.8) is 0 Å². The third-order valence-corrected chi connectivity index (χ3v) is 5.40. The quantitative estimate of drug-likeness (QED) is 0.912. The number of hydrogen-bond donors (Lipinski definition) is 1. The first-order valence-corrected chi connectivity index (χ1v) is 8.40. The number of likely N-dealkylation sites (tertiary alicyclic amines) is 1. The lowest BCUT2D eigenvalue weighted by atomic mass is 9.79. The van der Waals surface area contributed by atoms with Crippen LogP contribution in [0.5, 0.6) is 0 Å². The standard InChI is InChI=1S/C17H22N4O3/c1-23-17-5-4-13(22)9-14(17)21(8-6-17)11-15-19-16(20-24-15)12-3-2-7-18-10-12/h2-3,7,10,13-14,22H,4-6,8-9,11H2,1H3/t13-,14-,17+/m0/s1. The molecule has 1 N–H and O–H groups in total. The Kier molecular flexibility index (Phi) is 4.07. The topological polar surface area (TPSA) is 84.5 Å². The molecule has 2 aromatic heterocycles. The van der Waals surface area contributed by atoms with Crippen molar-refractivity contribution < 1.29 is 14.4 Å². The fourth-order valence-electron chi connectivity index (χ4n) is 4.06. The van der Waals surface area contributed by atoms with Crippen LogP contribution in [0, 0.1) is 0 Å². The molecular weight excluding hydrogens is 308 g/mol. The number of rotatable bonds is 4. The van der Waals surface area contributed by atoms with Crippen LogP contribution in [0.2, 0.25) is 0 Å². The molecule has 1 saturated carbocycles. The second kappa shape index (κ2) is 6.23. The highest BCUT2D eigenvalue weighted by molar-refractivity contribution is 5.51. The molecule has 1 aliphatic heterocycles. The van der Waals surface area contributed by atoms with Crippen molar-refractivity contribution in [3.05, 3.63) is 30.4 Å². The summed E-state index contributed by atoms with van der Waals surface area (Å²) in [6.07, 6.45) is 6.60. The first kappa shape index (κ1) is 15.7. The molecule has 24 heavy (non-hydrogen) atoms. The minimum Gasteiger partial charge on any atom is -0.393 e. The molecule has 2 aromatic rings. The summed E-state index contributed by atoms with van der Waals surface area (Å²) in [6, 6.07) is 3.95. The second-order valence-corrected chi connectivity index (χ2v) is 6.69. The van der Waals surface area contributed by atoms with E-state index in [9.17, 15) is 5.11 Å². The average molecular weight is 330 g/mol. The second-order valence-electron chi connectivity index (χ2n) is 6.69. The van der Waals surface area contributed by atoms with Gasteiger partial charge >= 0.3 is 0 Å². The molecule has 1 aliphatic carbocycles. The molecule has 3 heterocycles. The van der Waals surface area contributed by atoms with Crippen molar-refractivity contribution in [2.75, 3.05) is 13.7 Å². The van der Waals surface area contributed by atoms with Crippen LogP contribution >= 0.6 is 0 Å². The fourth-order valence-corrected chi connectivity index (χ4v) is 4.06. The Bertz CT molecular complexity index is 692. The minimum atomic E-state index is -0.257. The summed E-state index contributed by atoms with van der Waals surface area (Å²) in [4.78, 5) is 10.9. The summed E-state index contributed by atoms with van der Waals surface area (Å²) in [5.74, 6) is 1.14. The van der Waals surface area contributed by atoms with Crippen LogP contribution in [0.15, 0.2) is 29.0 Å². The zero-order chi connectivity index (χ0) is 16.6. The molecule has 0 bridgehead atoms. The summed E-state index contributed by atoms with van der Waals surface area (Å²) in [5, 5.41) is 14.1. The highest BCUT2D eigenvalue weighted by Crippen LogP contribution is 2.42. The third kappa shape index (κ3) is 2.72. The molecule has 0 unspecified atom stereocenters. The number of aromatic nitrogens is 3. The predicted molar refractivity (Wildman–Crippen MR) is 85.9 cm³/mol. The van der Waals surface area contributed by atoms with E-state index in [1.807, 2.05) is 12.1 Å². The molecule has 0 spiro atoms. The summed E-state index contributed by atoms with van der Waals surface area (Å²) < 4.78 is 11.3. The van der Waals surface area contributed by atoms with Crippen molar-refractivity contribution in [1.29, 1.82) is 0 Å². The van der Waals surface area contributed by atoms with Crippen molar-refractivity contribution in [3.8, 4) is 11.4 Å². The largest absolute Gasteiger partial charge is 0.393 e. The Hall–Kier alpha value is -1.83. The van der Waals surface area contributed by atoms with E-state index >= 15 is 0 Å². The lowest BCUT2D eigenvalue weighted by Gasteiger charge is -2.42. The van der Waals surface area contributed by atoms with E-state index in [4.69, 9.17) is 9.26 Å². The van der Waals surface area contributed by atoms with Crippen LogP contribution in [0.1, 0.15) is 31.6 Å². The molecule has 0 aromatic carbocycles. The number of methoxy groups -OCH3 is 1. The number of hydrogen-bond acceptors (Lipinski definition) is 7. The van der Waals surface area contributed by atoms with Gasteiger partial charge in [0.2, 0.25) is 11.7 Å². The molecule has 2 aliphatic rings. The van der Waals surface area contributed by atoms with E-state index in [-0.39, 0.29) is 17.7 Å².